The first kappa shape index (κ1) is 13.6. The van der Waals surface area contributed by atoms with Crippen molar-refractivity contribution in [2.45, 2.75) is 46.3 Å². The first-order valence-corrected chi connectivity index (χ1v) is 8.14. The van der Waals surface area contributed by atoms with Crippen molar-refractivity contribution in [3.05, 3.63) is 52.8 Å². The number of anilines is 2. The molecule has 0 spiro atoms. The van der Waals surface area contributed by atoms with Crippen molar-refractivity contribution in [2.75, 3.05) is 16.3 Å². The molecule has 4 rings (SSSR count). The summed E-state index contributed by atoms with van der Waals surface area (Å²) in [5, 5.41) is 0. The van der Waals surface area contributed by atoms with E-state index in [1.165, 1.54) is 22.5 Å². The molecule has 2 aliphatic rings. The number of hydrogen-bond acceptors (Lipinski definition) is 3. The fraction of sp³-hybridized carbons (Fsp3) is 0.421. The van der Waals surface area contributed by atoms with Gasteiger partial charge in [-0.15, -0.1) is 0 Å². The van der Waals surface area contributed by atoms with E-state index in [0.29, 0.717) is 12.2 Å². The van der Waals surface area contributed by atoms with Crippen molar-refractivity contribution in [1.82, 2.24) is 4.98 Å². The normalized spacial score (nSPS) is 22.9. The summed E-state index contributed by atoms with van der Waals surface area (Å²) >= 11 is 0. The number of fused-ring (bicyclic) bond motifs is 4. The van der Waals surface area contributed by atoms with Gasteiger partial charge in [-0.1, -0.05) is 18.2 Å². The van der Waals surface area contributed by atoms with Gasteiger partial charge < -0.3 is 9.80 Å². The molecule has 22 heavy (non-hydrogen) atoms. The number of rotatable bonds is 1. The largest absolute Gasteiger partial charge is 0.349 e. The Bertz CT molecular complexity index is 712. The Kier molecular flexibility index (Phi) is 2.93. The minimum Gasteiger partial charge on any atom is -0.349 e. The number of para-hydroxylation sites is 1. The highest BCUT2D eigenvalue weighted by molar-refractivity contribution is 5.67. The summed E-state index contributed by atoms with van der Waals surface area (Å²) in [5.74, 6) is 0. The average molecular weight is 293 g/mol. The SMILES string of the molecule is Cc1cc(C)c(N2C3Cc4ccccc4N(C3)[C@@H]2C)c(C)n1. The zero-order valence-corrected chi connectivity index (χ0v) is 13.8. The Balaban J connectivity index is 1.81. The van der Waals surface area contributed by atoms with Crippen LogP contribution in [0.1, 0.15) is 29.4 Å². The first-order valence-electron chi connectivity index (χ1n) is 8.14. The molecule has 1 aromatic carbocycles. The number of pyridine rings is 1. The van der Waals surface area contributed by atoms with Gasteiger partial charge in [0.15, 0.2) is 0 Å². The number of aromatic nitrogens is 1. The lowest BCUT2D eigenvalue weighted by atomic mass is 9.99. The van der Waals surface area contributed by atoms with Crippen molar-refractivity contribution in [3.63, 3.8) is 0 Å². The molecule has 0 amide bonds. The number of hydrogen-bond donors (Lipinski definition) is 0. The van der Waals surface area contributed by atoms with Crippen molar-refractivity contribution < 1.29 is 0 Å². The van der Waals surface area contributed by atoms with E-state index >= 15 is 0 Å². The van der Waals surface area contributed by atoms with Gasteiger partial charge in [0.2, 0.25) is 0 Å². The summed E-state index contributed by atoms with van der Waals surface area (Å²) in [6.45, 7) is 9.88. The van der Waals surface area contributed by atoms with Crippen LogP contribution < -0.4 is 9.80 Å². The summed E-state index contributed by atoms with van der Waals surface area (Å²) in [5.41, 5.74) is 7.82. The third-order valence-corrected chi connectivity index (χ3v) is 5.15. The second kappa shape index (κ2) is 4.73. The molecule has 114 valence electrons. The lowest BCUT2D eigenvalue weighted by Gasteiger charge is -2.32. The molecular formula is C19H23N3. The van der Waals surface area contributed by atoms with E-state index in [1.807, 2.05) is 0 Å². The summed E-state index contributed by atoms with van der Waals surface area (Å²) in [6.07, 6.45) is 1.51. The van der Waals surface area contributed by atoms with E-state index in [0.717, 1.165) is 24.4 Å². The average Bonchev–Trinajstić information content (AvgIpc) is 2.72. The van der Waals surface area contributed by atoms with E-state index in [4.69, 9.17) is 4.98 Å². The zero-order chi connectivity index (χ0) is 15.4. The predicted molar refractivity (Wildman–Crippen MR) is 91.7 cm³/mol. The molecule has 1 fully saturated rings. The van der Waals surface area contributed by atoms with Crippen LogP contribution in [0.4, 0.5) is 11.4 Å². The minimum atomic E-state index is 0.385. The van der Waals surface area contributed by atoms with E-state index < -0.39 is 0 Å². The molecule has 3 heterocycles. The molecule has 1 aromatic heterocycles. The standard InChI is InChI=1S/C19H23N3/c1-12-9-13(2)20-14(3)19(12)22-15(4)21-11-17(22)10-16-7-5-6-8-18(16)21/h5-9,15,17H,10-11H2,1-4H3/t15-,17?/m0/s1. The van der Waals surface area contributed by atoms with Crippen molar-refractivity contribution in [1.29, 1.82) is 0 Å². The molecule has 2 aromatic rings. The molecule has 3 heteroatoms. The van der Waals surface area contributed by atoms with Gasteiger partial charge in [0.25, 0.3) is 0 Å². The minimum absolute atomic E-state index is 0.385. The summed E-state index contributed by atoms with van der Waals surface area (Å²) in [7, 11) is 0. The molecular weight excluding hydrogens is 270 g/mol. The van der Waals surface area contributed by atoms with Crippen LogP contribution in [0, 0.1) is 20.8 Å². The van der Waals surface area contributed by atoms with Gasteiger partial charge >= 0.3 is 0 Å². The number of aryl methyl sites for hydroxylation is 3. The topological polar surface area (TPSA) is 19.4 Å². The highest BCUT2D eigenvalue weighted by Crippen LogP contribution is 2.41. The Morgan fingerprint density at radius 3 is 2.68 bits per heavy atom. The van der Waals surface area contributed by atoms with Gasteiger partial charge in [-0.25, -0.2) is 0 Å². The summed E-state index contributed by atoms with van der Waals surface area (Å²) < 4.78 is 0. The van der Waals surface area contributed by atoms with Crippen LogP contribution in [0.15, 0.2) is 30.3 Å². The van der Waals surface area contributed by atoms with Crippen LogP contribution in [-0.2, 0) is 6.42 Å². The lowest BCUT2D eigenvalue weighted by molar-refractivity contribution is 0.659. The molecule has 1 unspecified atom stereocenters. The smallest absolute Gasteiger partial charge is 0.0992 e. The fourth-order valence-electron chi connectivity index (χ4n) is 4.38. The van der Waals surface area contributed by atoms with Gasteiger partial charge in [-0.3, -0.25) is 4.98 Å². The monoisotopic (exact) mass is 293 g/mol. The first-order chi connectivity index (χ1) is 10.6. The Hall–Kier alpha value is -2.03. The third kappa shape index (κ3) is 1.84. The lowest BCUT2D eigenvalue weighted by Crippen LogP contribution is -2.38. The van der Waals surface area contributed by atoms with Gasteiger partial charge in [0, 0.05) is 17.9 Å². The second-order valence-electron chi connectivity index (χ2n) is 6.69. The third-order valence-electron chi connectivity index (χ3n) is 5.15. The van der Waals surface area contributed by atoms with Crippen molar-refractivity contribution >= 4 is 11.4 Å². The van der Waals surface area contributed by atoms with Crippen LogP contribution >= 0.6 is 0 Å². The van der Waals surface area contributed by atoms with E-state index in [-0.39, 0.29) is 0 Å². The molecule has 0 N–H and O–H groups in total. The number of benzene rings is 1. The summed E-state index contributed by atoms with van der Waals surface area (Å²) in [6, 6.07) is 11.6. The highest BCUT2D eigenvalue weighted by atomic mass is 15.4. The van der Waals surface area contributed by atoms with Crippen molar-refractivity contribution in [3.8, 4) is 0 Å². The van der Waals surface area contributed by atoms with E-state index in [2.05, 4.69) is 67.8 Å². The molecule has 0 aliphatic carbocycles. The van der Waals surface area contributed by atoms with Gasteiger partial charge in [0.05, 0.1) is 23.6 Å². The Labute approximate surface area is 132 Å². The molecule has 2 atom stereocenters. The maximum absolute atomic E-state index is 4.72. The van der Waals surface area contributed by atoms with Gasteiger partial charge in [-0.2, -0.15) is 0 Å². The molecule has 3 nitrogen and oxygen atoms in total. The van der Waals surface area contributed by atoms with Crippen LogP contribution in [0.5, 0.6) is 0 Å². The molecule has 0 saturated carbocycles. The van der Waals surface area contributed by atoms with Crippen LogP contribution in [0.3, 0.4) is 0 Å². The molecule has 0 radical (unpaired) electrons. The fourth-order valence-corrected chi connectivity index (χ4v) is 4.38. The zero-order valence-electron chi connectivity index (χ0n) is 13.8. The number of nitrogens with zero attached hydrogens (tertiary/aromatic N) is 3. The summed E-state index contributed by atoms with van der Waals surface area (Å²) in [4.78, 5) is 9.85. The van der Waals surface area contributed by atoms with Gasteiger partial charge in [-0.05, 0) is 57.4 Å². The predicted octanol–water partition coefficient (Wildman–Crippen LogP) is 3.60. The van der Waals surface area contributed by atoms with E-state index in [1.54, 1.807) is 0 Å². The molecule has 2 bridgehead atoms. The van der Waals surface area contributed by atoms with Crippen LogP contribution in [-0.4, -0.2) is 23.7 Å². The quantitative estimate of drug-likeness (QED) is 0.801. The second-order valence-corrected chi connectivity index (χ2v) is 6.69. The maximum atomic E-state index is 4.72. The van der Waals surface area contributed by atoms with Crippen LogP contribution in [0.2, 0.25) is 0 Å². The van der Waals surface area contributed by atoms with Gasteiger partial charge in [0.1, 0.15) is 0 Å². The molecule has 2 aliphatic heterocycles. The van der Waals surface area contributed by atoms with Crippen molar-refractivity contribution in [2.24, 2.45) is 0 Å². The Morgan fingerprint density at radius 2 is 1.91 bits per heavy atom. The van der Waals surface area contributed by atoms with Crippen LogP contribution in [0.25, 0.3) is 0 Å². The molecule has 1 saturated heterocycles. The van der Waals surface area contributed by atoms with E-state index in [9.17, 15) is 0 Å². The highest BCUT2D eigenvalue weighted by Gasteiger charge is 2.42. The Morgan fingerprint density at radius 1 is 1.14 bits per heavy atom. The maximum Gasteiger partial charge on any atom is 0.0992 e.